The quantitative estimate of drug-likeness (QED) is 0.881. The van der Waals surface area contributed by atoms with Crippen molar-refractivity contribution in [2.45, 2.75) is 58.9 Å². The molecule has 2 unspecified atom stereocenters. The fourth-order valence-corrected chi connectivity index (χ4v) is 5.44. The largest absolute Gasteiger partial charge is 0.327 e. The molecule has 0 radical (unpaired) electrons. The lowest BCUT2D eigenvalue weighted by Crippen LogP contribution is -2.48. The topological polar surface area (TPSA) is 63.4 Å². The molecule has 0 bridgehead atoms. The molecule has 1 saturated heterocycles. The van der Waals surface area contributed by atoms with E-state index in [4.69, 9.17) is 5.73 Å². The van der Waals surface area contributed by atoms with Crippen LogP contribution in [0.25, 0.3) is 0 Å². The summed E-state index contributed by atoms with van der Waals surface area (Å²) in [6.07, 6.45) is 0.725. The van der Waals surface area contributed by atoms with Crippen LogP contribution in [0.5, 0.6) is 0 Å². The number of hydrogen-bond donors (Lipinski definition) is 1. The Morgan fingerprint density at radius 2 is 1.39 bits per heavy atom. The minimum atomic E-state index is -3.46. The van der Waals surface area contributed by atoms with Gasteiger partial charge in [-0.15, -0.1) is 12.4 Å². The van der Waals surface area contributed by atoms with Gasteiger partial charge >= 0.3 is 0 Å². The zero-order chi connectivity index (χ0) is 16.8. The molecule has 2 rings (SSSR count). The van der Waals surface area contributed by atoms with Gasteiger partial charge in [-0.2, -0.15) is 4.31 Å². The molecule has 0 aromatic heterocycles. The molecule has 1 fully saturated rings. The maximum atomic E-state index is 13.2. The average molecular weight is 361 g/mol. The van der Waals surface area contributed by atoms with Crippen molar-refractivity contribution in [3.8, 4) is 0 Å². The predicted octanol–water partition coefficient (Wildman–Crippen LogP) is 3.01. The summed E-state index contributed by atoms with van der Waals surface area (Å²) in [7, 11) is -3.46. The van der Waals surface area contributed by atoms with Crippen LogP contribution in [0.3, 0.4) is 0 Å². The molecule has 23 heavy (non-hydrogen) atoms. The van der Waals surface area contributed by atoms with Crippen LogP contribution in [0.4, 0.5) is 0 Å². The molecule has 1 aliphatic heterocycles. The fraction of sp³-hybridized carbons (Fsp3) is 0.647. The lowest BCUT2D eigenvalue weighted by atomic mass is 9.95. The molecule has 0 saturated carbocycles. The van der Waals surface area contributed by atoms with Gasteiger partial charge in [-0.05, 0) is 74.8 Å². The van der Waals surface area contributed by atoms with Crippen molar-refractivity contribution < 1.29 is 8.42 Å². The molecule has 4 nitrogen and oxygen atoms in total. The minimum Gasteiger partial charge on any atom is -0.327 e. The van der Waals surface area contributed by atoms with Crippen LogP contribution in [0.15, 0.2) is 4.90 Å². The third-order valence-corrected chi connectivity index (χ3v) is 7.60. The van der Waals surface area contributed by atoms with Crippen LogP contribution in [0, 0.1) is 40.5 Å². The van der Waals surface area contributed by atoms with Crippen molar-refractivity contribution in [3.05, 3.63) is 27.8 Å². The number of nitrogens with two attached hydrogens (primary N) is 1. The number of nitrogens with zero attached hydrogens (tertiary/aromatic N) is 1. The maximum absolute atomic E-state index is 13.2. The summed E-state index contributed by atoms with van der Waals surface area (Å²) in [5.41, 5.74) is 11.1. The van der Waals surface area contributed by atoms with Crippen LogP contribution >= 0.6 is 12.4 Å². The summed E-state index contributed by atoms with van der Waals surface area (Å²) < 4.78 is 28.0. The first-order valence-electron chi connectivity index (χ1n) is 7.91. The second kappa shape index (κ2) is 7.09. The van der Waals surface area contributed by atoms with E-state index in [0.29, 0.717) is 18.0 Å². The van der Waals surface area contributed by atoms with E-state index >= 15 is 0 Å². The molecule has 0 aliphatic carbocycles. The zero-order valence-corrected chi connectivity index (χ0v) is 16.6. The molecule has 1 aromatic rings. The summed E-state index contributed by atoms with van der Waals surface area (Å²) in [5.74, 6) is 0.191. The van der Waals surface area contributed by atoms with Gasteiger partial charge in [0.1, 0.15) is 0 Å². The highest BCUT2D eigenvalue weighted by Crippen LogP contribution is 2.33. The average Bonchev–Trinajstić information content (AvgIpc) is 2.45. The smallest absolute Gasteiger partial charge is 0.243 e. The standard InChI is InChI=1S/C17H28N2O2S.ClH/c1-10-9-19(8-7-16(10)18)22(20,21)17-14(5)12(3)11(2)13(4)15(17)6;/h10,16H,7-9,18H2,1-6H3;1H. The summed E-state index contributed by atoms with van der Waals surface area (Å²) in [6.45, 7) is 12.9. The molecule has 1 heterocycles. The van der Waals surface area contributed by atoms with Gasteiger partial charge in [0.15, 0.2) is 0 Å². The molecular weight excluding hydrogens is 332 g/mol. The Kier molecular flexibility index (Phi) is 6.30. The van der Waals surface area contributed by atoms with Crippen molar-refractivity contribution in [2.75, 3.05) is 13.1 Å². The molecule has 2 atom stereocenters. The third-order valence-electron chi connectivity index (χ3n) is 5.46. The highest BCUT2D eigenvalue weighted by Gasteiger charge is 2.34. The van der Waals surface area contributed by atoms with Crippen LogP contribution in [0.1, 0.15) is 41.2 Å². The van der Waals surface area contributed by atoms with Gasteiger partial charge in [0.2, 0.25) is 10.0 Å². The highest BCUT2D eigenvalue weighted by atomic mass is 35.5. The van der Waals surface area contributed by atoms with Crippen LogP contribution in [-0.4, -0.2) is 31.9 Å². The van der Waals surface area contributed by atoms with E-state index in [1.807, 2.05) is 34.6 Å². The normalized spacial score (nSPS) is 22.7. The van der Waals surface area contributed by atoms with Crippen molar-refractivity contribution >= 4 is 22.4 Å². The molecule has 1 aromatic carbocycles. The van der Waals surface area contributed by atoms with Gasteiger partial charge in [0.25, 0.3) is 0 Å². The van der Waals surface area contributed by atoms with Gasteiger partial charge in [0, 0.05) is 19.1 Å². The molecule has 6 heteroatoms. The van der Waals surface area contributed by atoms with Gasteiger partial charge in [-0.1, -0.05) is 6.92 Å². The van der Waals surface area contributed by atoms with Crippen LogP contribution in [0.2, 0.25) is 0 Å². The summed E-state index contributed by atoms with van der Waals surface area (Å²) in [4.78, 5) is 0.496. The lowest BCUT2D eigenvalue weighted by Gasteiger charge is -2.35. The molecule has 132 valence electrons. The van der Waals surface area contributed by atoms with Gasteiger partial charge in [-0.25, -0.2) is 8.42 Å². The second-order valence-corrected chi connectivity index (χ2v) is 8.62. The minimum absolute atomic E-state index is 0. The lowest BCUT2D eigenvalue weighted by molar-refractivity contribution is 0.250. The monoisotopic (exact) mass is 360 g/mol. The Balaban J connectivity index is 0.00000264. The van der Waals surface area contributed by atoms with E-state index in [1.54, 1.807) is 4.31 Å². The van der Waals surface area contributed by atoms with E-state index in [2.05, 4.69) is 6.92 Å². The Labute approximate surface area is 146 Å². The first-order valence-corrected chi connectivity index (χ1v) is 9.35. The van der Waals surface area contributed by atoms with Crippen molar-refractivity contribution in [3.63, 3.8) is 0 Å². The molecule has 0 amide bonds. The second-order valence-electron chi connectivity index (χ2n) is 6.75. The Bertz CT molecular complexity index is 672. The molecular formula is C17H29ClN2O2S. The summed E-state index contributed by atoms with van der Waals surface area (Å²) >= 11 is 0. The van der Waals surface area contributed by atoms with Crippen LogP contribution < -0.4 is 5.73 Å². The summed E-state index contributed by atoms with van der Waals surface area (Å²) in [6, 6.07) is 0.0927. The zero-order valence-electron chi connectivity index (χ0n) is 14.9. The number of benzene rings is 1. The van der Waals surface area contributed by atoms with Crippen molar-refractivity contribution in [1.82, 2.24) is 4.31 Å². The molecule has 1 aliphatic rings. The number of halogens is 1. The van der Waals surface area contributed by atoms with Crippen LogP contribution in [-0.2, 0) is 10.0 Å². The summed E-state index contributed by atoms with van der Waals surface area (Å²) in [5, 5.41) is 0. The number of rotatable bonds is 2. The highest BCUT2D eigenvalue weighted by molar-refractivity contribution is 7.89. The van der Waals surface area contributed by atoms with Crippen molar-refractivity contribution in [1.29, 1.82) is 0 Å². The Hall–Kier alpha value is -0.620. The van der Waals surface area contributed by atoms with E-state index in [0.717, 1.165) is 28.7 Å². The van der Waals surface area contributed by atoms with E-state index in [1.165, 1.54) is 5.56 Å². The first-order chi connectivity index (χ1) is 10.1. The van der Waals surface area contributed by atoms with E-state index in [-0.39, 0.29) is 24.4 Å². The Morgan fingerprint density at radius 1 is 0.957 bits per heavy atom. The predicted molar refractivity (Wildman–Crippen MR) is 97.9 cm³/mol. The van der Waals surface area contributed by atoms with Crippen molar-refractivity contribution in [2.24, 2.45) is 11.7 Å². The number of sulfonamides is 1. The maximum Gasteiger partial charge on any atom is 0.243 e. The van der Waals surface area contributed by atoms with Gasteiger partial charge in [0.05, 0.1) is 4.90 Å². The van der Waals surface area contributed by atoms with Gasteiger partial charge < -0.3 is 5.73 Å². The van der Waals surface area contributed by atoms with Gasteiger partial charge in [-0.3, -0.25) is 0 Å². The number of piperidine rings is 1. The molecule has 0 spiro atoms. The fourth-order valence-electron chi connectivity index (χ4n) is 3.33. The Morgan fingerprint density at radius 3 is 1.83 bits per heavy atom. The molecule has 2 N–H and O–H groups in total. The first kappa shape index (κ1) is 20.4. The van der Waals surface area contributed by atoms with E-state index in [9.17, 15) is 8.42 Å². The number of hydrogen-bond acceptors (Lipinski definition) is 3. The SMILES string of the molecule is Cc1c(C)c(C)c(S(=O)(=O)N2CCC(N)C(C)C2)c(C)c1C.Cl. The van der Waals surface area contributed by atoms with E-state index < -0.39 is 10.0 Å². The third kappa shape index (κ3) is 3.43.